The average Bonchev–Trinajstić information content (AvgIpc) is 2.37. The van der Waals surface area contributed by atoms with Crippen molar-refractivity contribution < 1.29 is 9.18 Å². The predicted octanol–water partition coefficient (Wildman–Crippen LogP) is 2.22. The van der Waals surface area contributed by atoms with Crippen LogP contribution in [0.4, 0.5) is 4.39 Å². The van der Waals surface area contributed by atoms with Gasteiger partial charge in [-0.2, -0.15) is 0 Å². The molecule has 0 aromatic heterocycles. The first-order valence-electron chi connectivity index (χ1n) is 6.45. The van der Waals surface area contributed by atoms with E-state index in [4.69, 9.17) is 17.3 Å². The van der Waals surface area contributed by atoms with E-state index in [0.29, 0.717) is 24.0 Å². The zero-order valence-corrected chi connectivity index (χ0v) is 11.7. The van der Waals surface area contributed by atoms with E-state index < -0.39 is 5.82 Å². The molecule has 2 N–H and O–H groups in total. The highest BCUT2D eigenvalue weighted by Gasteiger charge is 2.27. The summed E-state index contributed by atoms with van der Waals surface area (Å²) in [4.78, 5) is 13.9. The minimum Gasteiger partial charge on any atom is -0.341 e. The zero-order chi connectivity index (χ0) is 14.0. The Labute approximate surface area is 117 Å². The number of rotatable bonds is 2. The summed E-state index contributed by atoms with van der Waals surface area (Å²) in [5, 5.41) is 0.294. The van der Waals surface area contributed by atoms with E-state index in [9.17, 15) is 9.18 Å². The summed E-state index contributed by atoms with van der Waals surface area (Å²) in [6, 6.07) is 4.44. The number of carbonyl (C=O) groups excluding carboxylic acids is 1. The first kappa shape index (κ1) is 14.3. The first-order chi connectivity index (χ1) is 8.99. The highest BCUT2D eigenvalue weighted by molar-refractivity contribution is 6.31. The summed E-state index contributed by atoms with van der Waals surface area (Å²) in [5.41, 5.74) is 6.23. The van der Waals surface area contributed by atoms with Gasteiger partial charge in [0.05, 0.1) is 6.42 Å². The van der Waals surface area contributed by atoms with Crippen LogP contribution in [0.2, 0.25) is 5.02 Å². The predicted molar refractivity (Wildman–Crippen MR) is 73.5 cm³/mol. The van der Waals surface area contributed by atoms with E-state index >= 15 is 0 Å². The SMILES string of the molecule is CC1CCN(C(=O)Cc2c(F)cccc2Cl)CC1N. The molecule has 19 heavy (non-hydrogen) atoms. The van der Waals surface area contributed by atoms with Crippen LogP contribution in [0.3, 0.4) is 0 Å². The molecule has 104 valence electrons. The molecule has 1 aromatic carbocycles. The number of nitrogens with two attached hydrogens (primary N) is 1. The van der Waals surface area contributed by atoms with Gasteiger partial charge in [0.25, 0.3) is 0 Å². The fourth-order valence-corrected chi connectivity index (χ4v) is 2.52. The van der Waals surface area contributed by atoms with Crippen molar-refractivity contribution in [2.75, 3.05) is 13.1 Å². The third-order valence-electron chi connectivity index (χ3n) is 3.76. The number of hydrogen-bond donors (Lipinski definition) is 1. The number of halogens is 2. The summed E-state index contributed by atoms with van der Waals surface area (Å²) >= 11 is 5.93. The van der Waals surface area contributed by atoms with Gasteiger partial charge in [-0.25, -0.2) is 4.39 Å². The highest BCUT2D eigenvalue weighted by atomic mass is 35.5. The van der Waals surface area contributed by atoms with Gasteiger partial charge in [0.2, 0.25) is 5.91 Å². The molecule has 1 aliphatic heterocycles. The molecule has 0 bridgehead atoms. The molecule has 2 rings (SSSR count). The van der Waals surface area contributed by atoms with Crippen molar-refractivity contribution >= 4 is 17.5 Å². The molecular weight excluding hydrogens is 267 g/mol. The standard InChI is InChI=1S/C14H18ClFN2O/c1-9-5-6-18(8-13(9)17)14(19)7-10-11(15)3-2-4-12(10)16/h2-4,9,13H,5-8,17H2,1H3. The molecule has 1 saturated heterocycles. The summed E-state index contributed by atoms with van der Waals surface area (Å²) in [6.45, 7) is 3.30. The summed E-state index contributed by atoms with van der Waals surface area (Å²) < 4.78 is 13.6. The van der Waals surface area contributed by atoms with Crippen LogP contribution in [-0.4, -0.2) is 29.9 Å². The van der Waals surface area contributed by atoms with E-state index in [1.165, 1.54) is 12.1 Å². The Morgan fingerprint density at radius 2 is 2.32 bits per heavy atom. The largest absolute Gasteiger partial charge is 0.341 e. The maximum atomic E-state index is 13.6. The van der Waals surface area contributed by atoms with Gasteiger partial charge in [-0.3, -0.25) is 4.79 Å². The number of amides is 1. The Bertz CT molecular complexity index is 460. The molecule has 1 fully saturated rings. The highest BCUT2D eigenvalue weighted by Crippen LogP contribution is 2.22. The summed E-state index contributed by atoms with van der Waals surface area (Å²) in [6.07, 6.45) is 0.879. The van der Waals surface area contributed by atoms with Gasteiger partial charge in [-0.05, 0) is 24.5 Å². The second-order valence-electron chi connectivity index (χ2n) is 5.15. The van der Waals surface area contributed by atoms with Gasteiger partial charge in [0.1, 0.15) is 5.82 Å². The van der Waals surface area contributed by atoms with Crippen LogP contribution < -0.4 is 5.73 Å². The molecule has 0 aliphatic carbocycles. The van der Waals surface area contributed by atoms with Gasteiger partial charge in [0, 0.05) is 29.7 Å². The lowest BCUT2D eigenvalue weighted by atomic mass is 9.94. The van der Waals surface area contributed by atoms with Crippen molar-refractivity contribution in [1.82, 2.24) is 4.90 Å². The van der Waals surface area contributed by atoms with E-state index in [-0.39, 0.29) is 23.9 Å². The average molecular weight is 285 g/mol. The number of nitrogens with zero attached hydrogens (tertiary/aromatic N) is 1. The maximum Gasteiger partial charge on any atom is 0.227 e. The van der Waals surface area contributed by atoms with Crippen molar-refractivity contribution in [3.8, 4) is 0 Å². The van der Waals surface area contributed by atoms with Crippen molar-refractivity contribution in [2.24, 2.45) is 11.7 Å². The topological polar surface area (TPSA) is 46.3 Å². The fourth-order valence-electron chi connectivity index (χ4n) is 2.29. The fraction of sp³-hybridized carbons (Fsp3) is 0.500. The molecule has 3 nitrogen and oxygen atoms in total. The molecule has 2 unspecified atom stereocenters. The monoisotopic (exact) mass is 284 g/mol. The summed E-state index contributed by atoms with van der Waals surface area (Å²) in [5.74, 6) is -0.133. The minimum atomic E-state index is -0.435. The van der Waals surface area contributed by atoms with Crippen LogP contribution in [0.1, 0.15) is 18.9 Å². The Morgan fingerprint density at radius 1 is 1.58 bits per heavy atom. The number of hydrogen-bond acceptors (Lipinski definition) is 2. The molecule has 0 spiro atoms. The van der Waals surface area contributed by atoms with Gasteiger partial charge in [0.15, 0.2) is 0 Å². The Hall–Kier alpha value is -1.13. The van der Waals surface area contributed by atoms with Gasteiger partial charge in [-0.1, -0.05) is 24.6 Å². The molecule has 1 aromatic rings. The lowest BCUT2D eigenvalue weighted by Crippen LogP contribution is -2.50. The second-order valence-corrected chi connectivity index (χ2v) is 5.55. The lowest BCUT2D eigenvalue weighted by molar-refractivity contribution is -0.132. The van der Waals surface area contributed by atoms with Crippen LogP contribution in [0.25, 0.3) is 0 Å². The first-order valence-corrected chi connectivity index (χ1v) is 6.83. The molecule has 1 amide bonds. The Balaban J connectivity index is 2.05. The number of piperidine rings is 1. The van der Waals surface area contributed by atoms with Crippen LogP contribution >= 0.6 is 11.6 Å². The molecular formula is C14H18ClFN2O. The molecule has 1 aliphatic rings. The molecule has 0 radical (unpaired) electrons. The third kappa shape index (κ3) is 3.25. The van der Waals surface area contributed by atoms with Crippen LogP contribution in [0.15, 0.2) is 18.2 Å². The quantitative estimate of drug-likeness (QED) is 0.905. The van der Waals surface area contributed by atoms with E-state index in [0.717, 1.165) is 6.42 Å². The minimum absolute atomic E-state index is 0.00575. The maximum absolute atomic E-state index is 13.6. The van der Waals surface area contributed by atoms with Crippen LogP contribution in [0, 0.1) is 11.7 Å². The normalized spacial score (nSPS) is 23.5. The van der Waals surface area contributed by atoms with Crippen molar-refractivity contribution in [1.29, 1.82) is 0 Å². The number of benzene rings is 1. The Kier molecular flexibility index (Phi) is 4.42. The molecule has 5 heteroatoms. The number of likely N-dealkylation sites (tertiary alicyclic amines) is 1. The van der Waals surface area contributed by atoms with Gasteiger partial charge in [-0.15, -0.1) is 0 Å². The number of carbonyl (C=O) groups is 1. The van der Waals surface area contributed by atoms with E-state index in [1.54, 1.807) is 11.0 Å². The molecule has 0 saturated carbocycles. The summed E-state index contributed by atoms with van der Waals surface area (Å²) in [7, 11) is 0. The zero-order valence-electron chi connectivity index (χ0n) is 10.9. The smallest absolute Gasteiger partial charge is 0.227 e. The molecule has 1 heterocycles. The van der Waals surface area contributed by atoms with E-state index in [1.807, 2.05) is 0 Å². The van der Waals surface area contributed by atoms with Crippen LogP contribution in [0.5, 0.6) is 0 Å². The van der Waals surface area contributed by atoms with Gasteiger partial charge >= 0.3 is 0 Å². The van der Waals surface area contributed by atoms with Crippen LogP contribution in [-0.2, 0) is 11.2 Å². The van der Waals surface area contributed by atoms with Crippen molar-refractivity contribution in [2.45, 2.75) is 25.8 Å². The lowest BCUT2D eigenvalue weighted by Gasteiger charge is -2.35. The van der Waals surface area contributed by atoms with E-state index in [2.05, 4.69) is 6.92 Å². The second kappa shape index (κ2) is 5.88. The van der Waals surface area contributed by atoms with Gasteiger partial charge < -0.3 is 10.6 Å². The van der Waals surface area contributed by atoms with Crippen molar-refractivity contribution in [3.63, 3.8) is 0 Å². The molecule has 2 atom stereocenters. The Morgan fingerprint density at radius 3 is 2.95 bits per heavy atom. The van der Waals surface area contributed by atoms with Crippen molar-refractivity contribution in [3.05, 3.63) is 34.6 Å². The third-order valence-corrected chi connectivity index (χ3v) is 4.11.